The van der Waals surface area contributed by atoms with E-state index < -0.39 is 81.0 Å². The summed E-state index contributed by atoms with van der Waals surface area (Å²) in [6.45, 7) is 17.0. The summed E-state index contributed by atoms with van der Waals surface area (Å²) in [4.78, 5) is 115. The van der Waals surface area contributed by atoms with Crippen LogP contribution in [0.1, 0.15) is 303 Å². The van der Waals surface area contributed by atoms with Crippen LogP contribution in [0.15, 0.2) is 247 Å². The van der Waals surface area contributed by atoms with Gasteiger partial charge in [0.25, 0.3) is 35.4 Å². The van der Waals surface area contributed by atoms with Gasteiger partial charge in [-0.15, -0.1) is 0 Å². The van der Waals surface area contributed by atoms with Crippen LogP contribution in [0.3, 0.4) is 0 Å². The Labute approximate surface area is 848 Å². The molecule has 6 amide bonds. The number of aromatic nitrogens is 10. The summed E-state index contributed by atoms with van der Waals surface area (Å²) in [7, 11) is 0. The minimum Gasteiger partial charge on any atom is -0.307 e. The third-order valence-electron chi connectivity index (χ3n) is 31.1. The topological polar surface area (TPSA) is 303 Å². The normalized spacial score (nSPS) is 18.0. The van der Waals surface area contributed by atoms with Crippen LogP contribution in [0.4, 0.5) is 65.6 Å². The SMILES string of the molecule is CC1=C(c2ccc(NC(=O)c3c(F)cccc3F)nc2)CC2(CC2)C1.CC1=C(c2ccc(NC(=O)c3c(F)cncc3F)nc2)CC2(CC2)C1.CC1=C(c2ccc(NC(=O)c3ccccc3C)nc2)CC2(CC2)C1.CC1=C(c2ccc(NC(=O)c3ccccc3F)nc2)CC2(CC2)C1.CC1=C(c2cnc(NC(=O)c3c(F)cncc3F)cn2)C2(CC1)CC2.CC1=C(c2cnc(NC(=O)c3ccccc3C)cn2)CC2(CC2)C1. The molecule has 6 fully saturated rings. The van der Waals surface area contributed by atoms with Crippen LogP contribution in [0, 0.1) is 87.1 Å². The number of halogens is 7. The molecule has 22 nitrogen and oxygen atoms in total. The zero-order valence-electron chi connectivity index (χ0n) is 83.2. The van der Waals surface area contributed by atoms with Gasteiger partial charge in [0.15, 0.2) is 34.9 Å². The van der Waals surface area contributed by atoms with Crippen molar-refractivity contribution in [3.63, 3.8) is 0 Å². The molecule has 6 spiro atoms. The monoisotopic (exact) mass is 1980 g/mol. The summed E-state index contributed by atoms with van der Waals surface area (Å²) in [5.41, 5.74) is 27.1. The predicted molar refractivity (Wildman–Crippen MR) is 553 cm³/mol. The number of aryl methyl sites for hydroxylation is 2. The second-order valence-corrected chi connectivity index (χ2v) is 42.2. The Morgan fingerprint density at radius 3 is 0.837 bits per heavy atom. The number of rotatable bonds is 18. The van der Waals surface area contributed by atoms with E-state index in [-0.39, 0.29) is 40.2 Å². The van der Waals surface area contributed by atoms with Gasteiger partial charge in [0.2, 0.25) is 0 Å². The van der Waals surface area contributed by atoms with Gasteiger partial charge < -0.3 is 31.9 Å². The Kier molecular flexibility index (Phi) is 28.2. The van der Waals surface area contributed by atoms with Crippen molar-refractivity contribution >= 4 is 104 Å². The Bertz CT molecular complexity index is 6870. The summed E-state index contributed by atoms with van der Waals surface area (Å²) in [5.74, 6) is -7.57. The van der Waals surface area contributed by atoms with Crippen LogP contribution < -0.4 is 31.9 Å². The minimum atomic E-state index is -1.02. The predicted octanol–water partition coefficient (Wildman–Crippen LogP) is 27.3. The number of anilines is 6. The average molecular weight is 1980 g/mol. The molecule has 0 radical (unpaired) electrons. The van der Waals surface area contributed by atoms with E-state index >= 15 is 0 Å². The summed E-state index contributed by atoms with van der Waals surface area (Å²) in [6.07, 6.45) is 46.2. The first kappa shape index (κ1) is 100. The van der Waals surface area contributed by atoms with Gasteiger partial charge in [0, 0.05) is 35.9 Å². The maximum Gasteiger partial charge on any atom is 0.262 e. The zero-order valence-corrected chi connectivity index (χ0v) is 83.2. The molecule has 0 bridgehead atoms. The molecule has 12 aromatic rings. The summed E-state index contributed by atoms with van der Waals surface area (Å²) in [6, 6.07) is 39.2. The first-order chi connectivity index (χ1) is 70.6. The lowest BCUT2D eigenvalue weighted by Gasteiger charge is -2.13. The molecule has 8 aromatic heterocycles. The highest BCUT2D eigenvalue weighted by Gasteiger charge is 2.53. The lowest BCUT2D eigenvalue weighted by molar-refractivity contribution is 0.100. The van der Waals surface area contributed by atoms with Crippen LogP contribution in [0.5, 0.6) is 0 Å². The number of benzene rings is 4. The molecule has 12 aliphatic carbocycles. The lowest BCUT2D eigenvalue weighted by atomic mass is 9.95. The van der Waals surface area contributed by atoms with Crippen LogP contribution in [0.2, 0.25) is 0 Å². The maximum absolute atomic E-state index is 13.7. The van der Waals surface area contributed by atoms with E-state index in [4.69, 9.17) is 0 Å². The second-order valence-electron chi connectivity index (χ2n) is 42.2. The number of nitrogens with zero attached hydrogens (tertiary/aromatic N) is 10. The van der Waals surface area contributed by atoms with Gasteiger partial charge in [-0.3, -0.25) is 48.7 Å². The second kappa shape index (κ2) is 41.3. The van der Waals surface area contributed by atoms with Crippen molar-refractivity contribution in [3.8, 4) is 0 Å². The molecule has 0 unspecified atom stereocenters. The molecule has 12 aliphatic rings. The molecular formula is C118H113F7N16O6. The first-order valence-electron chi connectivity index (χ1n) is 50.0. The summed E-state index contributed by atoms with van der Waals surface area (Å²) in [5, 5.41) is 15.6. The number of pyridine rings is 6. The van der Waals surface area contributed by atoms with E-state index in [9.17, 15) is 59.5 Å². The van der Waals surface area contributed by atoms with Gasteiger partial charge in [-0.2, -0.15) is 0 Å². The molecule has 8 heterocycles. The lowest BCUT2D eigenvalue weighted by Crippen LogP contribution is -2.17. The molecule has 0 atom stereocenters. The third-order valence-corrected chi connectivity index (χ3v) is 31.1. The van der Waals surface area contributed by atoms with Gasteiger partial charge in [-0.1, -0.05) is 88.0 Å². The molecule has 147 heavy (non-hydrogen) atoms. The van der Waals surface area contributed by atoms with Crippen molar-refractivity contribution in [3.05, 3.63) is 366 Å². The van der Waals surface area contributed by atoms with E-state index in [0.717, 1.165) is 127 Å². The largest absolute Gasteiger partial charge is 0.307 e. The molecule has 24 rings (SSSR count). The van der Waals surface area contributed by atoms with Gasteiger partial charge in [0.1, 0.15) is 57.4 Å². The van der Waals surface area contributed by atoms with E-state index in [2.05, 4.69) is 129 Å². The molecule has 29 heteroatoms. The summed E-state index contributed by atoms with van der Waals surface area (Å²) < 4.78 is 95.4. The van der Waals surface area contributed by atoms with E-state index in [1.165, 1.54) is 200 Å². The maximum atomic E-state index is 13.7. The Hall–Kier alpha value is -15.3. The number of hydrogen-bond acceptors (Lipinski definition) is 16. The molecule has 750 valence electrons. The molecule has 4 aromatic carbocycles. The van der Waals surface area contributed by atoms with E-state index in [1.54, 1.807) is 67.5 Å². The smallest absolute Gasteiger partial charge is 0.262 e. The van der Waals surface area contributed by atoms with Gasteiger partial charge in [0.05, 0.1) is 66.5 Å². The highest BCUT2D eigenvalue weighted by Crippen LogP contribution is 2.67. The number of nitrogens with one attached hydrogen (secondary N) is 6. The number of hydrogen-bond donors (Lipinski definition) is 6. The summed E-state index contributed by atoms with van der Waals surface area (Å²) >= 11 is 0. The number of allylic oxidation sites excluding steroid dienone is 12. The van der Waals surface area contributed by atoms with Crippen molar-refractivity contribution in [1.29, 1.82) is 0 Å². The van der Waals surface area contributed by atoms with Gasteiger partial charge in [-0.25, -0.2) is 60.6 Å². The fourth-order valence-electron chi connectivity index (χ4n) is 21.9. The molecular weight excluding hydrogens is 1870 g/mol. The fraction of sp³-hybridized carbons (Fsp3) is 0.322. The van der Waals surface area contributed by atoms with Crippen molar-refractivity contribution in [2.24, 2.45) is 32.5 Å². The standard InChI is InChI=1S/C21H22N2O.C20H18F2N2O.C20H19FN2O.C20H21N3O.C19H17F2N3O.C18H16F2N4O/c1-14-5-3-4-6-17(14)20(24)23-19-8-7-16(13-22-19)18-12-21(9-10-21)11-15(18)2;1-12-9-20(7-8-20)10-14(12)13-5-6-17(23-11-13)24-19(25)18-15(21)3-2-4-16(18)22;1-13-10-20(8-9-20)11-16(13)14-6-7-18(22-12-14)23-19(24)15-4-2-3-5-17(15)21;1-13-5-3-4-6-15(13)19(24)23-18-12-21-17(11-22-18)16-10-20(7-8-20)9-14(16)2;1-11-6-19(4-5-19)7-13(11)12-2-3-16(23-8-12)24-18(25)17-14(20)9-22-10-15(17)21;1-10-2-3-18(4-5-18)16(10)13-8-23-14(9-22-13)24-17(25)15-11(19)6-21-7-12(15)20/h3-8,13H,9-12H2,1-2H3,(H,22,23,24);2-6,11H,7-10H2,1H3,(H,23,24,25);2-7,12H,8-11H2,1H3,(H,22,23,24);3-6,11-12H,7-10H2,1-2H3,(H,22,23,24);2-3,8-10H,4-7H2,1H3,(H,23,24,25);6-9H,2-5H2,1H3,(H,23,24,25). The van der Waals surface area contributed by atoms with Crippen LogP contribution in [-0.4, -0.2) is 85.3 Å². The van der Waals surface area contributed by atoms with E-state index in [0.29, 0.717) is 55.7 Å². The highest BCUT2D eigenvalue weighted by atomic mass is 19.2. The van der Waals surface area contributed by atoms with Crippen LogP contribution in [-0.2, 0) is 0 Å². The first-order valence-corrected chi connectivity index (χ1v) is 50.0. The average Bonchev–Trinajstić information content (AvgIpc) is 1.58. The van der Waals surface area contributed by atoms with Crippen molar-refractivity contribution in [1.82, 2.24) is 49.8 Å². The quantitative estimate of drug-likeness (QED) is 0.0435. The number of amides is 6. The molecule has 6 saturated carbocycles. The zero-order chi connectivity index (χ0) is 103. The number of carbonyl (C=O) groups excluding carboxylic acids is 6. The molecule has 6 N–H and O–H groups in total. The Morgan fingerprint density at radius 2 is 0.524 bits per heavy atom. The Morgan fingerprint density at radius 1 is 0.238 bits per heavy atom. The molecule has 0 aliphatic heterocycles. The van der Waals surface area contributed by atoms with Crippen molar-refractivity contribution < 1.29 is 59.5 Å². The van der Waals surface area contributed by atoms with Crippen molar-refractivity contribution in [2.75, 3.05) is 31.9 Å². The van der Waals surface area contributed by atoms with Crippen molar-refractivity contribution in [2.45, 2.75) is 209 Å². The van der Waals surface area contributed by atoms with Crippen LogP contribution in [0.25, 0.3) is 33.4 Å². The van der Waals surface area contributed by atoms with Gasteiger partial charge in [-0.05, 0) is 394 Å². The fourth-order valence-corrected chi connectivity index (χ4v) is 21.9. The Balaban J connectivity index is 0.000000111. The minimum absolute atomic E-state index is 0.0217. The number of carbonyl (C=O) groups is 6. The molecule has 0 saturated heterocycles. The highest BCUT2D eigenvalue weighted by molar-refractivity contribution is 6.08. The third kappa shape index (κ3) is 22.9. The van der Waals surface area contributed by atoms with Gasteiger partial charge >= 0.3 is 0 Å². The van der Waals surface area contributed by atoms with E-state index in [1.807, 2.05) is 92.8 Å². The van der Waals surface area contributed by atoms with Crippen LogP contribution >= 0.6 is 0 Å².